The topological polar surface area (TPSA) is 100 Å². The van der Waals surface area contributed by atoms with Crippen LogP contribution in [0.2, 0.25) is 0 Å². The van der Waals surface area contributed by atoms with Gasteiger partial charge in [-0.15, -0.1) is 0 Å². The number of anilines is 1. The van der Waals surface area contributed by atoms with Gasteiger partial charge in [-0.1, -0.05) is 30.3 Å². The van der Waals surface area contributed by atoms with E-state index in [0.717, 1.165) is 31.1 Å². The van der Waals surface area contributed by atoms with Gasteiger partial charge in [-0.2, -0.15) is 0 Å². The molecule has 0 aliphatic carbocycles. The highest BCUT2D eigenvalue weighted by Gasteiger charge is 2.16. The van der Waals surface area contributed by atoms with Crippen LogP contribution >= 0.6 is 0 Å². The van der Waals surface area contributed by atoms with Gasteiger partial charge in [-0.25, -0.2) is 13.2 Å². The number of esters is 1. The van der Waals surface area contributed by atoms with E-state index in [2.05, 4.69) is 4.72 Å². The first-order valence-corrected chi connectivity index (χ1v) is 12.0. The number of sulfonamides is 1. The standard InChI is InChI=1S/C22H27NO7S/c1-31(25,26)23-19-11-10-18(22(24)30-16-17-7-3-2-4-8-17)15-20(19)27-13-14-29-21-9-5-6-12-28-21/h2-4,7-8,10-11,15,21,23H,5-6,9,12-14,16H2,1H3. The van der Waals surface area contributed by atoms with Gasteiger partial charge in [0, 0.05) is 6.61 Å². The van der Waals surface area contributed by atoms with Gasteiger partial charge in [0.1, 0.15) is 19.0 Å². The summed E-state index contributed by atoms with van der Waals surface area (Å²) in [6, 6.07) is 13.7. The Morgan fingerprint density at radius 3 is 2.65 bits per heavy atom. The van der Waals surface area contributed by atoms with Crippen LogP contribution in [0.5, 0.6) is 5.75 Å². The molecule has 31 heavy (non-hydrogen) atoms. The number of hydrogen-bond donors (Lipinski definition) is 1. The molecule has 2 aromatic rings. The summed E-state index contributed by atoms with van der Waals surface area (Å²) in [5.74, 6) is -0.320. The molecule has 1 aliphatic rings. The van der Waals surface area contributed by atoms with Crippen molar-refractivity contribution in [2.75, 3.05) is 30.8 Å². The maximum Gasteiger partial charge on any atom is 0.338 e. The smallest absolute Gasteiger partial charge is 0.338 e. The molecule has 0 bridgehead atoms. The van der Waals surface area contributed by atoms with E-state index in [0.29, 0.717) is 6.61 Å². The fourth-order valence-electron chi connectivity index (χ4n) is 3.03. The van der Waals surface area contributed by atoms with Crippen LogP contribution in [-0.4, -0.2) is 46.8 Å². The Kier molecular flexibility index (Phi) is 8.27. The van der Waals surface area contributed by atoms with E-state index in [1.54, 1.807) is 0 Å². The van der Waals surface area contributed by atoms with E-state index in [4.69, 9.17) is 18.9 Å². The van der Waals surface area contributed by atoms with Crippen LogP contribution < -0.4 is 9.46 Å². The minimum Gasteiger partial charge on any atom is -0.489 e. The Morgan fingerprint density at radius 2 is 1.94 bits per heavy atom. The maximum atomic E-state index is 12.4. The summed E-state index contributed by atoms with van der Waals surface area (Å²) >= 11 is 0. The van der Waals surface area contributed by atoms with Gasteiger partial charge in [-0.05, 0) is 43.0 Å². The molecular weight excluding hydrogens is 422 g/mol. The van der Waals surface area contributed by atoms with Crippen molar-refractivity contribution in [1.82, 2.24) is 0 Å². The molecule has 0 saturated carbocycles. The quantitative estimate of drug-likeness (QED) is 0.439. The van der Waals surface area contributed by atoms with Crippen molar-refractivity contribution >= 4 is 21.7 Å². The normalized spacial score (nSPS) is 16.5. The first-order valence-electron chi connectivity index (χ1n) is 10.1. The molecule has 0 amide bonds. The third kappa shape index (κ3) is 7.86. The molecule has 1 aliphatic heterocycles. The minimum atomic E-state index is -3.52. The number of ether oxygens (including phenoxy) is 4. The van der Waals surface area contributed by atoms with Crippen LogP contribution in [0.15, 0.2) is 48.5 Å². The van der Waals surface area contributed by atoms with Crippen molar-refractivity contribution in [1.29, 1.82) is 0 Å². The van der Waals surface area contributed by atoms with Gasteiger partial charge in [0.25, 0.3) is 0 Å². The predicted molar refractivity (Wildman–Crippen MR) is 116 cm³/mol. The van der Waals surface area contributed by atoms with E-state index >= 15 is 0 Å². The third-order valence-corrected chi connectivity index (χ3v) is 5.10. The average molecular weight is 450 g/mol. The molecule has 0 spiro atoms. The zero-order valence-corrected chi connectivity index (χ0v) is 18.2. The van der Waals surface area contributed by atoms with E-state index in [1.807, 2.05) is 30.3 Å². The lowest BCUT2D eigenvalue weighted by atomic mass is 10.2. The molecule has 0 aromatic heterocycles. The Morgan fingerprint density at radius 1 is 1.13 bits per heavy atom. The molecule has 1 fully saturated rings. The van der Waals surface area contributed by atoms with Gasteiger partial charge in [-0.3, -0.25) is 4.72 Å². The van der Waals surface area contributed by atoms with Crippen molar-refractivity contribution < 1.29 is 32.2 Å². The molecule has 0 radical (unpaired) electrons. The van der Waals surface area contributed by atoms with Crippen LogP contribution in [0.25, 0.3) is 0 Å². The first kappa shape index (κ1) is 23.1. The fraction of sp³-hybridized carbons (Fsp3) is 0.409. The summed E-state index contributed by atoms with van der Waals surface area (Å²) in [7, 11) is -3.52. The average Bonchev–Trinajstić information content (AvgIpc) is 2.76. The van der Waals surface area contributed by atoms with Crippen molar-refractivity contribution in [2.24, 2.45) is 0 Å². The molecule has 9 heteroatoms. The lowest BCUT2D eigenvalue weighted by molar-refractivity contribution is -0.165. The highest BCUT2D eigenvalue weighted by atomic mass is 32.2. The van der Waals surface area contributed by atoms with Crippen LogP contribution in [0, 0.1) is 0 Å². The van der Waals surface area contributed by atoms with Gasteiger partial charge in [0.2, 0.25) is 10.0 Å². The van der Waals surface area contributed by atoms with E-state index in [-0.39, 0.29) is 43.1 Å². The largest absolute Gasteiger partial charge is 0.489 e. The third-order valence-electron chi connectivity index (χ3n) is 4.51. The van der Waals surface area contributed by atoms with Crippen molar-refractivity contribution in [2.45, 2.75) is 32.2 Å². The number of nitrogens with one attached hydrogen (secondary N) is 1. The summed E-state index contributed by atoms with van der Waals surface area (Å²) in [6.07, 6.45) is 3.72. The molecule has 2 aromatic carbocycles. The first-order chi connectivity index (χ1) is 14.9. The molecule has 1 heterocycles. The highest BCUT2D eigenvalue weighted by molar-refractivity contribution is 7.92. The van der Waals surface area contributed by atoms with Crippen molar-refractivity contribution in [3.05, 3.63) is 59.7 Å². The zero-order valence-electron chi connectivity index (χ0n) is 17.4. The molecular formula is C22H27NO7S. The second-order valence-electron chi connectivity index (χ2n) is 7.16. The molecule has 8 nitrogen and oxygen atoms in total. The molecule has 3 rings (SSSR count). The van der Waals surface area contributed by atoms with Gasteiger partial charge in [0.15, 0.2) is 6.29 Å². The molecule has 1 atom stereocenters. The lowest BCUT2D eigenvalue weighted by Gasteiger charge is -2.22. The number of rotatable bonds is 10. The lowest BCUT2D eigenvalue weighted by Crippen LogP contribution is -2.24. The summed E-state index contributed by atoms with van der Waals surface area (Å²) in [5.41, 5.74) is 1.35. The summed E-state index contributed by atoms with van der Waals surface area (Å²) in [5, 5.41) is 0. The number of carbonyl (C=O) groups is 1. The number of hydrogen-bond acceptors (Lipinski definition) is 7. The second-order valence-corrected chi connectivity index (χ2v) is 8.91. The second kappa shape index (κ2) is 11.1. The van der Waals surface area contributed by atoms with Gasteiger partial charge >= 0.3 is 5.97 Å². The van der Waals surface area contributed by atoms with E-state index < -0.39 is 16.0 Å². The molecule has 1 saturated heterocycles. The fourth-order valence-corrected chi connectivity index (χ4v) is 3.60. The molecule has 1 unspecified atom stereocenters. The predicted octanol–water partition coefficient (Wildman–Crippen LogP) is 3.34. The summed E-state index contributed by atoms with van der Waals surface area (Å²) in [4.78, 5) is 12.4. The number of benzene rings is 2. The van der Waals surface area contributed by atoms with E-state index in [1.165, 1.54) is 18.2 Å². The number of carbonyl (C=O) groups excluding carboxylic acids is 1. The SMILES string of the molecule is CS(=O)(=O)Nc1ccc(C(=O)OCc2ccccc2)cc1OCCOC1CCCCO1. The maximum absolute atomic E-state index is 12.4. The Labute approximate surface area is 182 Å². The zero-order chi connectivity index (χ0) is 22.1. The van der Waals surface area contributed by atoms with Gasteiger partial charge in [0.05, 0.1) is 24.1 Å². The van der Waals surface area contributed by atoms with E-state index in [9.17, 15) is 13.2 Å². The van der Waals surface area contributed by atoms with Crippen LogP contribution in [-0.2, 0) is 30.8 Å². The minimum absolute atomic E-state index is 0.133. The van der Waals surface area contributed by atoms with Gasteiger partial charge < -0.3 is 18.9 Å². The molecule has 1 N–H and O–H groups in total. The summed E-state index contributed by atoms with van der Waals surface area (Å²) in [6.45, 7) is 1.25. The summed E-state index contributed by atoms with van der Waals surface area (Å²) < 4.78 is 47.9. The van der Waals surface area contributed by atoms with Crippen LogP contribution in [0.3, 0.4) is 0 Å². The van der Waals surface area contributed by atoms with Crippen molar-refractivity contribution in [3.63, 3.8) is 0 Å². The Bertz CT molecular complexity index is 957. The molecule has 168 valence electrons. The van der Waals surface area contributed by atoms with Crippen LogP contribution in [0.1, 0.15) is 35.2 Å². The monoisotopic (exact) mass is 449 g/mol. The van der Waals surface area contributed by atoms with Crippen LogP contribution in [0.4, 0.5) is 5.69 Å². The Hall–Kier alpha value is -2.62. The highest BCUT2D eigenvalue weighted by Crippen LogP contribution is 2.27. The Balaban J connectivity index is 1.63. The van der Waals surface area contributed by atoms with Crippen molar-refractivity contribution in [3.8, 4) is 5.75 Å².